The number of amides is 1. The first-order valence-corrected chi connectivity index (χ1v) is 7.68. The Labute approximate surface area is 126 Å². The molecule has 21 heavy (non-hydrogen) atoms. The number of hydrogen-bond donors (Lipinski definition) is 2. The van der Waals surface area contributed by atoms with Crippen molar-refractivity contribution in [3.8, 4) is 0 Å². The maximum absolute atomic E-state index is 11.9. The van der Waals surface area contributed by atoms with Crippen molar-refractivity contribution < 1.29 is 19.4 Å². The fraction of sp³-hybridized carbons (Fsp3) is 0.800. The predicted octanol–water partition coefficient (Wildman–Crippen LogP) is -0.0806. The van der Waals surface area contributed by atoms with Crippen molar-refractivity contribution in [2.24, 2.45) is 0 Å². The molecule has 1 aliphatic heterocycles. The summed E-state index contributed by atoms with van der Waals surface area (Å²) in [6.07, 6.45) is 5.21. The van der Waals surface area contributed by atoms with Gasteiger partial charge in [0.25, 0.3) is 0 Å². The van der Waals surface area contributed by atoms with E-state index in [2.05, 4.69) is 10.2 Å². The van der Waals surface area contributed by atoms with E-state index in [1.165, 1.54) is 0 Å². The number of rotatable bonds is 5. The average molecular weight is 298 g/mol. The predicted molar refractivity (Wildman–Crippen MR) is 79.0 cm³/mol. The van der Waals surface area contributed by atoms with Crippen LogP contribution in [0.3, 0.4) is 0 Å². The monoisotopic (exact) mass is 298 g/mol. The average Bonchev–Trinajstić information content (AvgIpc) is 2.50. The SMILES string of the molecule is CO[C@@H]1CCC[C@@H](NC(=O)/C=C/CN2CCOCC2)[C@H]1O. The molecule has 1 aliphatic carbocycles. The van der Waals surface area contributed by atoms with Crippen molar-refractivity contribution in [3.63, 3.8) is 0 Å². The molecule has 1 amide bonds. The minimum absolute atomic E-state index is 0.149. The molecule has 0 spiro atoms. The summed E-state index contributed by atoms with van der Waals surface area (Å²) < 4.78 is 10.5. The van der Waals surface area contributed by atoms with Crippen LogP contribution in [-0.2, 0) is 14.3 Å². The number of hydrogen-bond acceptors (Lipinski definition) is 5. The normalized spacial score (nSPS) is 31.4. The van der Waals surface area contributed by atoms with Gasteiger partial charge in [-0.1, -0.05) is 6.08 Å². The number of carbonyl (C=O) groups excluding carboxylic acids is 1. The summed E-state index contributed by atoms with van der Waals surface area (Å²) in [7, 11) is 1.60. The van der Waals surface area contributed by atoms with E-state index in [-0.39, 0.29) is 18.1 Å². The fourth-order valence-electron chi connectivity index (χ4n) is 2.88. The zero-order chi connectivity index (χ0) is 15.1. The second-order valence-electron chi connectivity index (χ2n) is 5.63. The van der Waals surface area contributed by atoms with Gasteiger partial charge in [0.2, 0.25) is 5.91 Å². The standard InChI is InChI=1S/C15H26N2O4/c1-20-13-5-2-4-12(15(13)19)16-14(18)6-3-7-17-8-10-21-11-9-17/h3,6,12-13,15,19H,2,4-5,7-11H2,1H3,(H,16,18)/b6-3+/t12-,13-,15-/m1/s1. The Kier molecular flexibility index (Phi) is 6.63. The molecule has 2 aliphatic rings. The first-order valence-electron chi connectivity index (χ1n) is 7.68. The molecule has 0 radical (unpaired) electrons. The molecule has 2 rings (SSSR count). The molecule has 2 fully saturated rings. The molecular formula is C15H26N2O4. The third-order valence-corrected chi connectivity index (χ3v) is 4.16. The molecule has 6 nitrogen and oxygen atoms in total. The zero-order valence-electron chi connectivity index (χ0n) is 12.7. The number of nitrogens with zero attached hydrogens (tertiary/aromatic N) is 1. The van der Waals surface area contributed by atoms with Crippen LogP contribution < -0.4 is 5.32 Å². The molecule has 3 atom stereocenters. The highest BCUT2D eigenvalue weighted by molar-refractivity contribution is 5.87. The van der Waals surface area contributed by atoms with Gasteiger partial charge in [0.05, 0.1) is 25.4 Å². The summed E-state index contributed by atoms with van der Waals surface area (Å²) in [4.78, 5) is 14.1. The lowest BCUT2D eigenvalue weighted by atomic mass is 9.90. The third kappa shape index (κ3) is 5.07. The summed E-state index contributed by atoms with van der Waals surface area (Å²) in [6, 6.07) is -0.218. The van der Waals surface area contributed by atoms with Crippen LogP contribution in [0.1, 0.15) is 19.3 Å². The molecule has 0 aromatic carbocycles. The quantitative estimate of drug-likeness (QED) is 0.695. The molecule has 0 aromatic rings. The lowest BCUT2D eigenvalue weighted by Crippen LogP contribution is -2.51. The molecule has 120 valence electrons. The smallest absolute Gasteiger partial charge is 0.244 e. The van der Waals surface area contributed by atoms with Crippen LogP contribution in [0.5, 0.6) is 0 Å². The summed E-state index contributed by atoms with van der Waals surface area (Å²) in [6.45, 7) is 4.08. The maximum atomic E-state index is 11.9. The molecular weight excluding hydrogens is 272 g/mol. The van der Waals surface area contributed by atoms with Gasteiger partial charge >= 0.3 is 0 Å². The Bertz CT molecular complexity index is 356. The van der Waals surface area contributed by atoms with E-state index in [9.17, 15) is 9.90 Å². The van der Waals surface area contributed by atoms with E-state index in [1.54, 1.807) is 13.2 Å². The Balaban J connectivity index is 1.72. The second kappa shape index (κ2) is 8.48. The van der Waals surface area contributed by atoms with Crippen LogP contribution in [0.2, 0.25) is 0 Å². The van der Waals surface area contributed by atoms with Crippen molar-refractivity contribution in [2.45, 2.75) is 37.5 Å². The molecule has 1 saturated carbocycles. The Morgan fingerprint density at radius 1 is 1.43 bits per heavy atom. The van der Waals surface area contributed by atoms with Gasteiger partial charge < -0.3 is 19.9 Å². The maximum Gasteiger partial charge on any atom is 0.244 e. The molecule has 0 bridgehead atoms. The summed E-state index contributed by atoms with van der Waals surface area (Å²) in [5.41, 5.74) is 0. The van der Waals surface area contributed by atoms with Crippen LogP contribution in [0.25, 0.3) is 0 Å². The highest BCUT2D eigenvalue weighted by Crippen LogP contribution is 2.21. The van der Waals surface area contributed by atoms with E-state index in [1.807, 2.05) is 6.08 Å². The number of carbonyl (C=O) groups is 1. The number of ether oxygens (including phenoxy) is 2. The van der Waals surface area contributed by atoms with Crippen molar-refractivity contribution in [1.82, 2.24) is 10.2 Å². The fourth-order valence-corrected chi connectivity index (χ4v) is 2.88. The first kappa shape index (κ1) is 16.4. The van der Waals surface area contributed by atoms with Crippen LogP contribution >= 0.6 is 0 Å². The van der Waals surface area contributed by atoms with Gasteiger partial charge in [0.15, 0.2) is 0 Å². The molecule has 6 heteroatoms. The molecule has 2 N–H and O–H groups in total. The van der Waals surface area contributed by atoms with Crippen LogP contribution in [0.4, 0.5) is 0 Å². The van der Waals surface area contributed by atoms with Crippen LogP contribution in [0.15, 0.2) is 12.2 Å². The number of nitrogens with one attached hydrogen (secondary N) is 1. The number of morpholine rings is 1. The summed E-state index contributed by atoms with van der Waals surface area (Å²) in [5, 5.41) is 13.0. The van der Waals surface area contributed by atoms with E-state index >= 15 is 0 Å². The molecule has 1 saturated heterocycles. The van der Waals surface area contributed by atoms with Gasteiger partial charge in [-0.15, -0.1) is 0 Å². The van der Waals surface area contributed by atoms with Crippen molar-refractivity contribution >= 4 is 5.91 Å². The van der Waals surface area contributed by atoms with Gasteiger partial charge in [-0.05, 0) is 19.3 Å². The second-order valence-corrected chi connectivity index (χ2v) is 5.63. The number of aliphatic hydroxyl groups excluding tert-OH is 1. The summed E-state index contributed by atoms with van der Waals surface area (Å²) >= 11 is 0. The van der Waals surface area contributed by atoms with E-state index in [4.69, 9.17) is 9.47 Å². The van der Waals surface area contributed by atoms with E-state index < -0.39 is 6.10 Å². The van der Waals surface area contributed by atoms with Crippen molar-refractivity contribution in [1.29, 1.82) is 0 Å². The Hall–Kier alpha value is -0.950. The van der Waals surface area contributed by atoms with Gasteiger partial charge in [0, 0.05) is 32.8 Å². The van der Waals surface area contributed by atoms with Gasteiger partial charge in [-0.25, -0.2) is 0 Å². The minimum Gasteiger partial charge on any atom is -0.388 e. The molecule has 0 aromatic heterocycles. The first-order chi connectivity index (χ1) is 10.2. The van der Waals surface area contributed by atoms with Crippen LogP contribution in [0, 0.1) is 0 Å². The third-order valence-electron chi connectivity index (χ3n) is 4.16. The minimum atomic E-state index is -0.625. The Morgan fingerprint density at radius 3 is 2.90 bits per heavy atom. The van der Waals surface area contributed by atoms with Crippen molar-refractivity contribution in [3.05, 3.63) is 12.2 Å². The number of methoxy groups -OCH3 is 1. The molecule has 0 unspecified atom stereocenters. The highest BCUT2D eigenvalue weighted by Gasteiger charge is 2.32. The van der Waals surface area contributed by atoms with Gasteiger partial charge in [-0.3, -0.25) is 9.69 Å². The molecule has 1 heterocycles. The lowest BCUT2D eigenvalue weighted by molar-refractivity contribution is -0.120. The van der Waals surface area contributed by atoms with Crippen LogP contribution in [-0.4, -0.2) is 74.1 Å². The Morgan fingerprint density at radius 2 is 2.19 bits per heavy atom. The number of aliphatic hydroxyl groups is 1. The van der Waals surface area contributed by atoms with E-state index in [0.717, 1.165) is 52.1 Å². The zero-order valence-corrected chi connectivity index (χ0v) is 12.7. The summed E-state index contributed by atoms with van der Waals surface area (Å²) in [5.74, 6) is -0.149. The van der Waals surface area contributed by atoms with Crippen molar-refractivity contribution in [2.75, 3.05) is 40.0 Å². The largest absolute Gasteiger partial charge is 0.388 e. The topological polar surface area (TPSA) is 71.0 Å². The van der Waals surface area contributed by atoms with Gasteiger partial charge in [0.1, 0.15) is 6.10 Å². The lowest BCUT2D eigenvalue weighted by Gasteiger charge is -2.34. The van der Waals surface area contributed by atoms with E-state index in [0.29, 0.717) is 0 Å². The van der Waals surface area contributed by atoms with Gasteiger partial charge in [-0.2, -0.15) is 0 Å². The highest BCUT2D eigenvalue weighted by atomic mass is 16.5.